The van der Waals surface area contributed by atoms with E-state index in [9.17, 15) is 13.2 Å². The van der Waals surface area contributed by atoms with Gasteiger partial charge in [0.1, 0.15) is 0 Å². The molecule has 0 saturated carbocycles. The molecule has 0 bridgehead atoms. The Morgan fingerprint density at radius 2 is 2.20 bits per heavy atom. The van der Waals surface area contributed by atoms with E-state index in [-0.39, 0.29) is 24.6 Å². The molecule has 7 heteroatoms. The normalized spacial score (nSPS) is 13.1. The highest BCUT2D eigenvalue weighted by Gasteiger charge is 2.16. The topological polar surface area (TPSA) is 96.4 Å². The van der Waals surface area contributed by atoms with E-state index >= 15 is 0 Å². The molecule has 2 N–H and O–H groups in total. The van der Waals surface area contributed by atoms with E-state index < -0.39 is 16.0 Å². The van der Waals surface area contributed by atoms with Crippen LogP contribution in [0.3, 0.4) is 0 Å². The number of aromatic nitrogens is 1. The molecule has 0 aromatic carbocycles. The van der Waals surface area contributed by atoms with Gasteiger partial charge in [-0.25, -0.2) is 13.1 Å². The van der Waals surface area contributed by atoms with E-state index in [0.717, 1.165) is 5.69 Å². The smallest absolute Gasteiger partial charge is 0.303 e. The minimum absolute atomic E-state index is 0.0285. The van der Waals surface area contributed by atoms with Crippen molar-refractivity contribution in [3.63, 3.8) is 0 Å². The monoisotopic (exact) mass is 300 g/mol. The highest BCUT2D eigenvalue weighted by molar-refractivity contribution is 7.89. The van der Waals surface area contributed by atoms with Gasteiger partial charge in [0, 0.05) is 31.3 Å². The molecule has 0 aliphatic heterocycles. The van der Waals surface area contributed by atoms with Gasteiger partial charge >= 0.3 is 5.97 Å². The van der Waals surface area contributed by atoms with Gasteiger partial charge in [0.2, 0.25) is 10.0 Å². The number of nitrogens with one attached hydrogen (secondary N) is 1. The van der Waals surface area contributed by atoms with Crippen molar-refractivity contribution in [1.82, 2.24) is 9.71 Å². The van der Waals surface area contributed by atoms with Crippen molar-refractivity contribution in [3.05, 3.63) is 30.1 Å². The van der Waals surface area contributed by atoms with E-state index in [1.54, 1.807) is 18.3 Å². The van der Waals surface area contributed by atoms with E-state index in [4.69, 9.17) is 5.11 Å². The van der Waals surface area contributed by atoms with Crippen molar-refractivity contribution in [1.29, 1.82) is 0 Å². The molecule has 112 valence electrons. The lowest BCUT2D eigenvalue weighted by molar-refractivity contribution is -0.138. The Balaban J connectivity index is 2.43. The first-order valence-electron chi connectivity index (χ1n) is 6.52. The van der Waals surface area contributed by atoms with Crippen LogP contribution < -0.4 is 4.72 Å². The predicted octanol–water partition coefficient (Wildman–Crippen LogP) is 1.04. The summed E-state index contributed by atoms with van der Waals surface area (Å²) in [5.74, 6) is -1.14. The van der Waals surface area contributed by atoms with Gasteiger partial charge in [0.25, 0.3) is 0 Å². The molecule has 1 aromatic rings. The molecule has 0 saturated heterocycles. The molecule has 1 unspecified atom stereocenters. The Labute approximate surface area is 119 Å². The average Bonchev–Trinajstić information content (AvgIpc) is 2.42. The third-order valence-electron chi connectivity index (χ3n) is 2.99. The third kappa shape index (κ3) is 6.63. The van der Waals surface area contributed by atoms with Crippen molar-refractivity contribution in [3.8, 4) is 0 Å². The lowest BCUT2D eigenvalue weighted by atomic mass is 10.0. The van der Waals surface area contributed by atoms with Crippen molar-refractivity contribution < 1.29 is 18.3 Å². The molecule has 1 heterocycles. The lowest BCUT2D eigenvalue weighted by Gasteiger charge is -2.13. The summed E-state index contributed by atoms with van der Waals surface area (Å²) in [5.41, 5.74) is 0.718. The van der Waals surface area contributed by atoms with Gasteiger partial charge in [-0.1, -0.05) is 19.4 Å². The van der Waals surface area contributed by atoms with Crippen LogP contribution in [0.25, 0.3) is 0 Å². The van der Waals surface area contributed by atoms with Gasteiger partial charge in [-0.05, 0) is 18.1 Å². The molecule has 0 spiro atoms. The Morgan fingerprint density at radius 3 is 2.75 bits per heavy atom. The summed E-state index contributed by atoms with van der Waals surface area (Å²) in [6.07, 6.45) is 2.55. The second-order valence-electron chi connectivity index (χ2n) is 4.61. The quantitative estimate of drug-likeness (QED) is 0.710. The van der Waals surface area contributed by atoms with Gasteiger partial charge in [0.15, 0.2) is 0 Å². The summed E-state index contributed by atoms with van der Waals surface area (Å²) in [4.78, 5) is 14.7. The van der Waals surface area contributed by atoms with E-state index in [1.807, 2.05) is 13.0 Å². The van der Waals surface area contributed by atoms with Crippen molar-refractivity contribution in [2.75, 3.05) is 12.3 Å². The van der Waals surface area contributed by atoms with E-state index in [0.29, 0.717) is 12.8 Å². The van der Waals surface area contributed by atoms with Crippen LogP contribution in [0.4, 0.5) is 0 Å². The standard InChI is InChI=1S/C13H20N2O4S/c1-2-11(9-13(16)17)10-15-20(18,19)8-6-12-5-3-4-7-14-12/h3-5,7,11,15H,2,6,8-10H2,1H3,(H,16,17). The average molecular weight is 300 g/mol. The predicted molar refractivity (Wildman–Crippen MR) is 75.8 cm³/mol. The number of pyridine rings is 1. The number of aryl methyl sites for hydroxylation is 1. The summed E-state index contributed by atoms with van der Waals surface area (Å²) in [6, 6.07) is 5.35. The molecule has 0 radical (unpaired) electrons. The second kappa shape index (κ2) is 7.96. The van der Waals surface area contributed by atoms with Crippen LogP contribution in [0.15, 0.2) is 24.4 Å². The van der Waals surface area contributed by atoms with Crippen LogP contribution in [0.1, 0.15) is 25.5 Å². The molecule has 0 fully saturated rings. The van der Waals surface area contributed by atoms with Crippen molar-refractivity contribution >= 4 is 16.0 Å². The number of hydrogen-bond donors (Lipinski definition) is 2. The molecule has 20 heavy (non-hydrogen) atoms. The molecular weight excluding hydrogens is 280 g/mol. The third-order valence-corrected chi connectivity index (χ3v) is 4.33. The Morgan fingerprint density at radius 1 is 1.45 bits per heavy atom. The summed E-state index contributed by atoms with van der Waals surface area (Å²) < 4.78 is 26.1. The number of carbonyl (C=O) groups is 1. The van der Waals surface area contributed by atoms with Crippen LogP contribution in [0.2, 0.25) is 0 Å². The molecule has 1 atom stereocenters. The van der Waals surface area contributed by atoms with E-state index in [1.165, 1.54) is 0 Å². The van der Waals surface area contributed by atoms with Crippen LogP contribution in [-0.2, 0) is 21.2 Å². The fraction of sp³-hybridized carbons (Fsp3) is 0.538. The largest absolute Gasteiger partial charge is 0.481 e. The zero-order chi connectivity index (χ0) is 15.0. The number of hydrogen-bond acceptors (Lipinski definition) is 4. The maximum atomic E-state index is 11.8. The molecule has 1 rings (SSSR count). The van der Waals surface area contributed by atoms with Gasteiger partial charge in [-0.3, -0.25) is 9.78 Å². The Bertz CT molecular complexity index is 516. The number of carboxylic acid groups (broad SMARTS) is 1. The summed E-state index contributed by atoms with van der Waals surface area (Å²) in [6.45, 7) is 2.00. The van der Waals surface area contributed by atoms with Gasteiger partial charge in [-0.15, -0.1) is 0 Å². The minimum atomic E-state index is -3.40. The summed E-state index contributed by atoms with van der Waals surface area (Å²) in [5, 5.41) is 8.71. The minimum Gasteiger partial charge on any atom is -0.481 e. The zero-order valence-electron chi connectivity index (χ0n) is 11.4. The molecule has 6 nitrogen and oxygen atoms in total. The van der Waals surface area contributed by atoms with Gasteiger partial charge in [0.05, 0.1) is 5.75 Å². The maximum absolute atomic E-state index is 11.8. The fourth-order valence-electron chi connectivity index (χ4n) is 1.71. The number of nitrogens with zero attached hydrogens (tertiary/aromatic N) is 1. The molecule has 1 aromatic heterocycles. The lowest BCUT2D eigenvalue weighted by Crippen LogP contribution is -2.32. The first-order chi connectivity index (χ1) is 9.43. The fourth-order valence-corrected chi connectivity index (χ4v) is 2.82. The molecule has 0 aliphatic carbocycles. The van der Waals surface area contributed by atoms with Crippen LogP contribution in [-0.4, -0.2) is 36.8 Å². The maximum Gasteiger partial charge on any atom is 0.303 e. The number of aliphatic carboxylic acids is 1. The SMILES string of the molecule is CCC(CNS(=O)(=O)CCc1ccccn1)CC(=O)O. The molecule has 0 aliphatic rings. The summed E-state index contributed by atoms with van der Waals surface area (Å²) >= 11 is 0. The van der Waals surface area contributed by atoms with Crippen LogP contribution >= 0.6 is 0 Å². The van der Waals surface area contributed by atoms with Crippen molar-refractivity contribution in [2.24, 2.45) is 5.92 Å². The van der Waals surface area contributed by atoms with Gasteiger partial charge < -0.3 is 5.11 Å². The number of carboxylic acids is 1. The Hall–Kier alpha value is -1.47. The van der Waals surface area contributed by atoms with Crippen LogP contribution in [0, 0.1) is 5.92 Å². The van der Waals surface area contributed by atoms with Gasteiger partial charge in [-0.2, -0.15) is 0 Å². The highest BCUT2D eigenvalue weighted by Crippen LogP contribution is 2.07. The van der Waals surface area contributed by atoms with Crippen LogP contribution in [0.5, 0.6) is 0 Å². The van der Waals surface area contributed by atoms with Crippen molar-refractivity contribution in [2.45, 2.75) is 26.2 Å². The first-order valence-corrected chi connectivity index (χ1v) is 8.17. The molecule has 0 amide bonds. The number of rotatable bonds is 9. The number of sulfonamides is 1. The first kappa shape index (κ1) is 16.6. The highest BCUT2D eigenvalue weighted by atomic mass is 32.2. The zero-order valence-corrected chi connectivity index (χ0v) is 12.3. The Kier molecular flexibility index (Phi) is 6.60. The van der Waals surface area contributed by atoms with E-state index in [2.05, 4.69) is 9.71 Å². The second-order valence-corrected chi connectivity index (χ2v) is 6.54. The summed E-state index contributed by atoms with van der Waals surface area (Å²) in [7, 11) is -3.40. The molecular formula is C13H20N2O4S.